The Bertz CT molecular complexity index is 230. The van der Waals surface area contributed by atoms with Gasteiger partial charge in [-0.1, -0.05) is 17.7 Å². The third-order valence-corrected chi connectivity index (χ3v) is 1.91. The molecule has 0 saturated heterocycles. The maximum Gasteiger partial charge on any atom is 0.0606 e. The topological polar surface area (TPSA) is 23.5 Å². The van der Waals surface area contributed by atoms with Crippen LogP contribution in [0, 0.1) is 6.92 Å². The number of aliphatic hydroxyl groups is 1. The van der Waals surface area contributed by atoms with Crippen LogP contribution >= 0.6 is 0 Å². The highest BCUT2D eigenvalue weighted by atomic mass is 16.3. The van der Waals surface area contributed by atoms with Crippen molar-refractivity contribution in [3.05, 3.63) is 29.8 Å². The van der Waals surface area contributed by atoms with Gasteiger partial charge in [-0.15, -0.1) is 0 Å². The van der Waals surface area contributed by atoms with E-state index in [4.69, 9.17) is 5.11 Å². The highest BCUT2D eigenvalue weighted by molar-refractivity contribution is 5.46. The smallest absolute Gasteiger partial charge is 0.0606 e. The molecule has 2 nitrogen and oxygen atoms in total. The fraction of sp³-hybridized carbons (Fsp3) is 0.400. The largest absolute Gasteiger partial charge is 0.395 e. The summed E-state index contributed by atoms with van der Waals surface area (Å²) in [6.45, 7) is 2.95. The first-order chi connectivity index (χ1) is 5.74. The second-order valence-corrected chi connectivity index (χ2v) is 2.98. The molecule has 0 bridgehead atoms. The predicted molar refractivity (Wildman–Crippen MR) is 51.5 cm³/mol. The Hall–Kier alpha value is -1.02. The van der Waals surface area contributed by atoms with Crippen molar-refractivity contribution in [2.45, 2.75) is 6.92 Å². The van der Waals surface area contributed by atoms with Gasteiger partial charge in [0, 0.05) is 19.3 Å². The molecule has 0 aliphatic carbocycles. The van der Waals surface area contributed by atoms with Gasteiger partial charge >= 0.3 is 0 Å². The standard InChI is InChI=1S/C10H15NO/c1-9-3-5-10(6-4-9)11(2)7-8-12/h3-6,12H,7-8H2,1-2H3. The van der Waals surface area contributed by atoms with Crippen LogP contribution in [0.5, 0.6) is 0 Å². The van der Waals surface area contributed by atoms with Gasteiger partial charge in [-0.2, -0.15) is 0 Å². The summed E-state index contributed by atoms with van der Waals surface area (Å²) in [7, 11) is 1.97. The highest BCUT2D eigenvalue weighted by Gasteiger charge is 1.97. The minimum absolute atomic E-state index is 0.199. The second-order valence-electron chi connectivity index (χ2n) is 2.98. The highest BCUT2D eigenvalue weighted by Crippen LogP contribution is 2.12. The number of aliphatic hydroxyl groups excluding tert-OH is 1. The number of likely N-dealkylation sites (N-methyl/N-ethyl adjacent to an activating group) is 1. The first-order valence-electron chi connectivity index (χ1n) is 4.12. The average molecular weight is 165 g/mol. The maximum atomic E-state index is 8.71. The molecule has 0 unspecified atom stereocenters. The van der Waals surface area contributed by atoms with Crippen molar-refractivity contribution in [3.63, 3.8) is 0 Å². The molecule has 1 rings (SSSR count). The molecule has 0 aliphatic rings. The predicted octanol–water partition coefficient (Wildman–Crippen LogP) is 1.42. The molecule has 0 spiro atoms. The summed E-state index contributed by atoms with van der Waals surface area (Å²) in [5.41, 5.74) is 2.41. The molecule has 0 amide bonds. The van der Waals surface area contributed by atoms with Gasteiger partial charge in [0.05, 0.1) is 6.61 Å². The molecule has 1 aromatic rings. The molecule has 1 N–H and O–H groups in total. The summed E-state index contributed by atoms with van der Waals surface area (Å²) in [5, 5.41) is 8.71. The van der Waals surface area contributed by atoms with Crippen molar-refractivity contribution < 1.29 is 5.11 Å². The van der Waals surface area contributed by atoms with Gasteiger partial charge in [-0.25, -0.2) is 0 Å². The normalized spacial score (nSPS) is 9.92. The monoisotopic (exact) mass is 165 g/mol. The first-order valence-corrected chi connectivity index (χ1v) is 4.12. The van der Waals surface area contributed by atoms with Crippen LogP contribution in [0.4, 0.5) is 5.69 Å². The molecule has 66 valence electrons. The van der Waals surface area contributed by atoms with E-state index in [1.54, 1.807) is 0 Å². The van der Waals surface area contributed by atoms with Gasteiger partial charge in [0.1, 0.15) is 0 Å². The summed E-state index contributed by atoms with van der Waals surface area (Å²) in [5.74, 6) is 0. The van der Waals surface area contributed by atoms with Crippen LogP contribution in [0.3, 0.4) is 0 Å². The van der Waals surface area contributed by atoms with Gasteiger partial charge in [0.25, 0.3) is 0 Å². The van der Waals surface area contributed by atoms with Crippen molar-refractivity contribution in [1.29, 1.82) is 0 Å². The Balaban J connectivity index is 2.68. The van der Waals surface area contributed by atoms with E-state index in [1.165, 1.54) is 5.56 Å². The van der Waals surface area contributed by atoms with Crippen LogP contribution in [0.1, 0.15) is 5.56 Å². The summed E-state index contributed by atoms with van der Waals surface area (Å²) in [6.07, 6.45) is 0. The van der Waals surface area contributed by atoms with Gasteiger partial charge < -0.3 is 10.0 Å². The summed E-state index contributed by atoms with van der Waals surface area (Å²) >= 11 is 0. The maximum absolute atomic E-state index is 8.71. The second kappa shape index (κ2) is 4.12. The summed E-state index contributed by atoms with van der Waals surface area (Å²) < 4.78 is 0. The lowest BCUT2D eigenvalue weighted by Gasteiger charge is -2.17. The number of hydrogen-bond acceptors (Lipinski definition) is 2. The Kier molecular flexibility index (Phi) is 3.11. The van der Waals surface area contributed by atoms with Crippen molar-refractivity contribution in [1.82, 2.24) is 0 Å². The van der Waals surface area contributed by atoms with E-state index >= 15 is 0 Å². The lowest BCUT2D eigenvalue weighted by atomic mass is 10.2. The average Bonchev–Trinajstić information content (AvgIpc) is 2.06. The number of benzene rings is 1. The third kappa shape index (κ3) is 2.24. The molecular formula is C10H15NO. The Morgan fingerprint density at radius 2 is 1.83 bits per heavy atom. The van der Waals surface area contributed by atoms with Crippen LogP contribution in [-0.4, -0.2) is 25.3 Å². The van der Waals surface area contributed by atoms with E-state index in [0.29, 0.717) is 6.54 Å². The van der Waals surface area contributed by atoms with Crippen LogP contribution < -0.4 is 4.90 Å². The molecule has 12 heavy (non-hydrogen) atoms. The van der Waals surface area contributed by atoms with Crippen LogP contribution in [0.25, 0.3) is 0 Å². The van der Waals surface area contributed by atoms with Gasteiger partial charge in [0.2, 0.25) is 0 Å². The van der Waals surface area contributed by atoms with E-state index in [9.17, 15) is 0 Å². The molecule has 0 heterocycles. The zero-order valence-corrected chi connectivity index (χ0v) is 7.62. The lowest BCUT2D eigenvalue weighted by Crippen LogP contribution is -2.20. The number of rotatable bonds is 3. The number of aryl methyl sites for hydroxylation is 1. The SMILES string of the molecule is Cc1ccc(N(C)CCO)cc1. The first kappa shape index (κ1) is 9.07. The van der Waals surface area contributed by atoms with Gasteiger partial charge in [-0.05, 0) is 19.1 Å². The molecule has 1 aromatic carbocycles. The number of nitrogens with zero attached hydrogens (tertiary/aromatic N) is 1. The Morgan fingerprint density at radius 1 is 1.25 bits per heavy atom. The summed E-state index contributed by atoms with van der Waals surface area (Å²) in [4.78, 5) is 2.03. The Morgan fingerprint density at radius 3 is 2.33 bits per heavy atom. The van der Waals surface area contributed by atoms with Crippen molar-refractivity contribution in [2.75, 3.05) is 25.1 Å². The zero-order valence-electron chi connectivity index (χ0n) is 7.62. The lowest BCUT2D eigenvalue weighted by molar-refractivity contribution is 0.304. The van der Waals surface area contributed by atoms with Crippen molar-refractivity contribution in [3.8, 4) is 0 Å². The minimum atomic E-state index is 0.199. The summed E-state index contributed by atoms with van der Waals surface area (Å²) in [6, 6.07) is 8.27. The molecule has 2 heteroatoms. The van der Waals surface area contributed by atoms with E-state index in [-0.39, 0.29) is 6.61 Å². The number of anilines is 1. The number of hydrogen-bond donors (Lipinski definition) is 1. The molecule has 0 saturated carbocycles. The van der Waals surface area contributed by atoms with Crippen molar-refractivity contribution in [2.24, 2.45) is 0 Å². The molecule has 0 radical (unpaired) electrons. The van der Waals surface area contributed by atoms with E-state index in [2.05, 4.69) is 31.2 Å². The van der Waals surface area contributed by atoms with Crippen molar-refractivity contribution >= 4 is 5.69 Å². The fourth-order valence-corrected chi connectivity index (χ4v) is 1.08. The molecule has 0 aromatic heterocycles. The van der Waals surface area contributed by atoms with Crippen LogP contribution in [0.2, 0.25) is 0 Å². The van der Waals surface area contributed by atoms with Gasteiger partial charge in [-0.3, -0.25) is 0 Å². The molecule has 0 fully saturated rings. The molecular weight excluding hydrogens is 150 g/mol. The van der Waals surface area contributed by atoms with E-state index in [1.807, 2.05) is 11.9 Å². The van der Waals surface area contributed by atoms with Gasteiger partial charge in [0.15, 0.2) is 0 Å². The zero-order chi connectivity index (χ0) is 8.97. The van der Waals surface area contributed by atoms with Crippen LogP contribution in [-0.2, 0) is 0 Å². The Labute approximate surface area is 73.4 Å². The quantitative estimate of drug-likeness (QED) is 0.732. The minimum Gasteiger partial charge on any atom is -0.395 e. The third-order valence-electron chi connectivity index (χ3n) is 1.91. The molecule has 0 atom stereocenters. The van der Waals surface area contributed by atoms with Crippen LogP contribution in [0.15, 0.2) is 24.3 Å². The van der Waals surface area contributed by atoms with E-state index in [0.717, 1.165) is 5.69 Å². The fourth-order valence-electron chi connectivity index (χ4n) is 1.08. The van der Waals surface area contributed by atoms with E-state index < -0.39 is 0 Å². The molecule has 0 aliphatic heterocycles.